The van der Waals surface area contributed by atoms with E-state index in [0.29, 0.717) is 0 Å². The number of hydrogen-bond acceptors (Lipinski definition) is 24. The Balaban J connectivity index is 0.000000213. The molecule has 0 heterocycles. The van der Waals surface area contributed by atoms with Crippen molar-refractivity contribution in [1.82, 2.24) is 0 Å². The van der Waals surface area contributed by atoms with Gasteiger partial charge in [-0.1, -0.05) is 238 Å². The van der Waals surface area contributed by atoms with Gasteiger partial charge in [0, 0.05) is 81.3 Å². The first-order chi connectivity index (χ1) is 76.3. The summed E-state index contributed by atoms with van der Waals surface area (Å²) in [4.78, 5) is 99.1. The van der Waals surface area contributed by atoms with Crippen LogP contribution in [0, 0.1) is 0 Å². The highest BCUT2D eigenvalue weighted by atomic mass is 35.5. The Bertz CT molecular complexity index is 7480. The first-order valence-corrected chi connectivity index (χ1v) is 40.7. The largest absolute Gasteiger partial charge is 0.385 e. The quantitative estimate of drug-likeness (QED) is 0.0672. The summed E-state index contributed by atoms with van der Waals surface area (Å²) < 4.78 is 327. The van der Waals surface area contributed by atoms with Gasteiger partial charge < -0.3 is 86.7 Å². The van der Waals surface area contributed by atoms with Crippen LogP contribution in [0.1, 0.15) is 255 Å². The highest BCUT2D eigenvalue weighted by Gasteiger charge is 2.51. The molecule has 8 aromatic rings. The number of Topliss-reactive ketones (excluding diaryl/α,β-unsaturated/α-hetero) is 8. The van der Waals surface area contributed by atoms with E-state index in [-0.39, 0.29) is 112 Å². The van der Waals surface area contributed by atoms with Crippen molar-refractivity contribution in [2.45, 2.75) is 246 Å². The number of carbonyl (C=O) groups is 8. The molecule has 8 aliphatic rings. The lowest BCUT2D eigenvalue weighted by Crippen LogP contribution is -2.52. The maximum atomic E-state index is 12.6. The van der Waals surface area contributed by atoms with E-state index in [1.54, 1.807) is 30.3 Å². The maximum Gasteiger partial charge on any atom is 0.185 e. The molecule has 16 atom stereocenters. The molecule has 16 rings (SSSR count). The van der Waals surface area contributed by atoms with E-state index >= 15 is 0 Å². The van der Waals surface area contributed by atoms with E-state index < -0.39 is 314 Å². The minimum Gasteiger partial charge on any atom is -0.385 e. The fourth-order valence-electron chi connectivity index (χ4n) is 13.2. The van der Waals surface area contributed by atoms with Crippen LogP contribution >= 0.6 is 92.8 Å². The summed E-state index contributed by atoms with van der Waals surface area (Å²) >= 11 is 47.7. The Morgan fingerprint density at radius 2 is 0.516 bits per heavy atom. The third-order valence-corrected chi connectivity index (χ3v) is 22.8. The van der Waals surface area contributed by atoms with E-state index in [4.69, 9.17) is 196 Å². The number of aliphatic hydroxyl groups is 8. The maximum absolute atomic E-state index is 12.6. The summed E-state index contributed by atoms with van der Waals surface area (Å²) in [5, 5.41) is 78.1. The molecule has 0 radical (unpaired) electrons. The van der Waals surface area contributed by atoms with E-state index in [2.05, 4.69) is 0 Å². The molecule has 32 heteroatoms. The molecule has 8 aliphatic carbocycles. The molecule has 24 nitrogen and oxygen atoms in total. The van der Waals surface area contributed by atoms with Gasteiger partial charge in [-0.15, -0.1) is 0 Å². The van der Waals surface area contributed by atoms with E-state index in [1.807, 2.05) is 0 Å². The Labute approximate surface area is 843 Å². The second-order valence-electron chi connectivity index (χ2n) is 28.5. The Morgan fingerprint density at radius 1 is 0.258 bits per heavy atom. The van der Waals surface area contributed by atoms with Crippen molar-refractivity contribution < 1.29 is 137 Å². The lowest BCUT2D eigenvalue weighted by Gasteiger charge is -2.35. The predicted molar refractivity (Wildman–Crippen MR) is 497 cm³/mol. The van der Waals surface area contributed by atoms with Crippen molar-refractivity contribution in [2.24, 2.45) is 45.9 Å². The van der Waals surface area contributed by atoms with Gasteiger partial charge in [-0.05, 0) is 246 Å². The van der Waals surface area contributed by atoms with Gasteiger partial charge in [0.05, 0.1) is 16.4 Å². The molecule has 0 aromatic heterocycles. The summed E-state index contributed by atoms with van der Waals surface area (Å²) in [6.07, 6.45) is -66.2. The van der Waals surface area contributed by atoms with Crippen molar-refractivity contribution in [2.75, 3.05) is 0 Å². The van der Waals surface area contributed by atoms with Crippen LogP contribution in [-0.2, 0) is 82.7 Å². The van der Waals surface area contributed by atoms with E-state index in [1.165, 1.54) is 115 Å². The molecule has 8 saturated carbocycles. The van der Waals surface area contributed by atoms with Crippen LogP contribution in [0.25, 0.3) is 0 Å². The summed E-state index contributed by atoms with van der Waals surface area (Å²) in [6, 6.07) is 29.9. The van der Waals surface area contributed by atoms with Gasteiger partial charge in [0.2, 0.25) is 0 Å². The summed E-state index contributed by atoms with van der Waals surface area (Å²) in [6.45, 7) is 0. The van der Waals surface area contributed by atoms with E-state index in [0.717, 1.165) is 0 Å². The Morgan fingerprint density at radius 3 is 0.914 bits per heavy atom. The molecule has 128 heavy (non-hydrogen) atoms. The zero-order valence-electron chi connectivity index (χ0n) is 109. The van der Waals surface area contributed by atoms with Crippen LogP contribution in [0.5, 0.6) is 0 Å². The van der Waals surface area contributed by atoms with Crippen molar-refractivity contribution in [3.63, 3.8) is 0 Å². The summed E-state index contributed by atoms with van der Waals surface area (Å²) in [5.74, 6) is -9.96. The number of nitrogens with two attached hydrogens (primary N) is 8. The molecular formula is C96H112Cl8N8O16. The highest BCUT2D eigenvalue weighted by molar-refractivity contribution is 6.34. The van der Waals surface area contributed by atoms with E-state index in [9.17, 15) is 79.2 Å². The molecule has 0 aliphatic heterocycles. The molecule has 0 spiro atoms. The van der Waals surface area contributed by atoms with Crippen LogP contribution in [0.2, 0.25) is 40.2 Å². The first-order valence-electron chi connectivity index (χ1n) is 58.7. The van der Waals surface area contributed by atoms with Gasteiger partial charge in [-0.25, -0.2) is 0 Å². The third-order valence-electron chi connectivity index (χ3n) is 20.2. The molecule has 24 N–H and O–H groups in total. The monoisotopic (exact) mass is 1950 g/mol. The molecule has 8 aromatic carbocycles. The number of ketones is 8. The summed E-state index contributed by atoms with van der Waals surface area (Å²) in [5.41, 5.74) is 27.5. The van der Waals surface area contributed by atoms with Gasteiger partial charge in [-0.3, -0.25) is 38.4 Å². The molecule has 0 bridgehead atoms. The number of carbonyl (C=O) groups excluding carboxylic acids is 8. The van der Waals surface area contributed by atoms with Crippen molar-refractivity contribution >= 4 is 139 Å². The lowest BCUT2D eigenvalue weighted by atomic mass is 9.75. The molecule has 0 amide bonds. The normalized spacial score (nSPS) is 43.4. The second kappa shape index (κ2) is 45.5. The van der Waals surface area contributed by atoms with Gasteiger partial charge in [0.25, 0.3) is 0 Å². The predicted octanol–water partition coefficient (Wildman–Crippen LogP) is 12.9. The zero-order valence-corrected chi connectivity index (χ0v) is 72.6. The fourth-order valence-corrected chi connectivity index (χ4v) is 15.4. The van der Waals surface area contributed by atoms with Gasteiger partial charge in [-0.2, -0.15) is 0 Å². The van der Waals surface area contributed by atoms with Crippen molar-refractivity contribution in [3.05, 3.63) is 279 Å². The molecular weight excluding hydrogens is 1800 g/mol. The van der Waals surface area contributed by atoms with Gasteiger partial charge in [0.15, 0.2) is 46.3 Å². The second-order valence-corrected chi connectivity index (χ2v) is 31.7. The number of rotatable bonds is 8. The SMILES string of the molecule is [2H]C1(O)C(=O)C(N)(c2ccccc2Cl)C([2H])([2H])C([2H])([2H])C1([2H])[2H].[2H]C1(O)CC([2H])([2H])C([2H])([2H])C(N)(c2ccccc2Cl)C1=O.[2H]C1([2H])C(O)C(=O)C(N)(c2ccccc2Cl)C([2H])([2H])C1([2H])[2H].[2H]C1([2H])CC(O)C(=O)C(N)(c2ccccc2Cl)C1([2H])[2H].[2H]C1([2H])CC([2H])([2H])C(N)(c2ccccc2Cl)C(=O)C1([2H])O.[2H]C1([2H])CC([2H])([2H])C(N)(c2ccccc2Cl)C(=O)C1O.[2H]c1c([2H])c([2H])c(C2(N)CCC([2H])([2H])C(O)C2=O)c(Cl)c1[2H].[2H]c1c([2H])c([2H])c(C2(N)CCCC([2H])(O)C2=O)c(Cl)c1[2H]. The third kappa shape index (κ3) is 23.5. The topological polar surface area (TPSA) is 507 Å². The average molecular weight is 1960 g/mol. The average Bonchev–Trinajstić information content (AvgIpc) is 0.662. The molecule has 0 saturated heterocycles. The number of benzene rings is 8. The Kier molecular flexibility index (Phi) is 21.1. The smallest absolute Gasteiger partial charge is 0.185 e. The van der Waals surface area contributed by atoms with Crippen molar-refractivity contribution in [1.29, 1.82) is 0 Å². The number of halogens is 8. The standard InChI is InChI=1S/8C12H14ClNO2/c8*13-9-5-2-1-4-8(9)12(14)7-3-6-10(15)11(12)16/h8*1-2,4-5,10,15H,3,6-7,14H2/i1D,2D,4D,5D,10D;1D,2D,4D,5D,6D2;3D2,6D2,7D2,10D;6D2,7D2,10D;3D2,7D2,10D;3D2,6D2,7D2;6D2,7D2;3D2,7D2. The summed E-state index contributed by atoms with van der Waals surface area (Å²) in [7, 11) is 0. The van der Waals surface area contributed by atoms with Gasteiger partial charge in [0.1, 0.15) is 93.0 Å². The van der Waals surface area contributed by atoms with Crippen LogP contribution in [0.3, 0.4) is 0 Å². The molecule has 8 fully saturated rings. The van der Waals surface area contributed by atoms with Crippen LogP contribution in [-0.4, -0.2) is 136 Å². The lowest BCUT2D eigenvalue weighted by molar-refractivity contribution is -0.136. The van der Waals surface area contributed by atoms with Gasteiger partial charge >= 0.3 is 0 Å². The molecule has 688 valence electrons. The molecule has 16 unspecified atom stereocenters. The first kappa shape index (κ1) is 59.4. The number of hydrogen-bond donors (Lipinski definition) is 16. The fraction of sp³-hybridized carbons (Fsp3) is 0.417. The minimum absolute atomic E-state index is 0.00971. The Hall–Kier alpha value is -7.20. The minimum atomic E-state index is -3.60. The van der Waals surface area contributed by atoms with Crippen LogP contribution in [0.4, 0.5) is 0 Å². The van der Waals surface area contributed by atoms with Crippen LogP contribution < -0.4 is 45.9 Å². The zero-order chi connectivity index (χ0) is 132. The van der Waals surface area contributed by atoms with Crippen LogP contribution in [0.15, 0.2) is 194 Å². The highest BCUT2D eigenvalue weighted by Crippen LogP contribution is 2.44. The van der Waals surface area contributed by atoms with Crippen molar-refractivity contribution in [3.8, 4) is 0 Å². The number of aliphatic hydroxyl groups excluding tert-OH is 4.